The molecule has 612 valence electrons. The smallest absolute Gasteiger partial charge is 0.326 e. The number of unbranched alkanes of at least 4 members (excludes halogenated alkanes) is 1. The van der Waals surface area contributed by atoms with Crippen molar-refractivity contribution < 1.29 is 87.2 Å². The van der Waals surface area contributed by atoms with Crippen molar-refractivity contribution in [2.45, 2.75) is 218 Å². The number of carbonyl (C=O) groups excluding carboxylic acids is 13. The Kier molecular flexibility index (Phi) is 42.2. The molecule has 13 amide bonds. The number of aromatic hydroxyl groups is 1. The minimum atomic E-state index is -1.89. The van der Waals surface area contributed by atoms with Gasteiger partial charge in [0, 0.05) is 25.9 Å². The fourth-order valence-electron chi connectivity index (χ4n) is 10.8. The number of carbonyl (C=O) groups is 15. The Labute approximate surface area is 639 Å². The molecular weight excluding hydrogens is 1430 g/mol. The Balaban J connectivity index is 2.52. The van der Waals surface area contributed by atoms with Gasteiger partial charge in [0.2, 0.25) is 76.8 Å². The number of carboxylic acid groups (broad SMARTS) is 2. The Morgan fingerprint density at radius 3 is 1.35 bits per heavy atom. The van der Waals surface area contributed by atoms with Crippen molar-refractivity contribution in [3.8, 4) is 5.75 Å². The number of rotatable bonds is 51. The Morgan fingerprint density at radius 1 is 0.436 bits per heavy atom. The van der Waals surface area contributed by atoms with E-state index in [1.54, 1.807) is 85.7 Å². The van der Waals surface area contributed by atoms with E-state index in [0.29, 0.717) is 17.5 Å². The van der Waals surface area contributed by atoms with Gasteiger partial charge >= 0.3 is 11.9 Å². The van der Waals surface area contributed by atoms with Crippen LogP contribution in [-0.4, -0.2) is 215 Å². The first-order valence-electron chi connectivity index (χ1n) is 36.4. The van der Waals surface area contributed by atoms with Crippen LogP contribution in [0.4, 0.5) is 0 Å². The van der Waals surface area contributed by atoms with Crippen LogP contribution in [0.3, 0.4) is 0 Å². The van der Waals surface area contributed by atoms with E-state index in [0.717, 1.165) is 0 Å². The molecule has 0 bridgehead atoms. The first-order valence-corrected chi connectivity index (χ1v) is 36.4. The van der Waals surface area contributed by atoms with Crippen molar-refractivity contribution in [3.05, 3.63) is 65.7 Å². The Hall–Kier alpha value is -11.3. The second-order valence-electron chi connectivity index (χ2n) is 27.8. The molecule has 39 heteroatoms. The van der Waals surface area contributed by atoms with Gasteiger partial charge in [0.15, 0.2) is 11.9 Å². The van der Waals surface area contributed by atoms with Gasteiger partial charge in [0.25, 0.3) is 0 Å². The van der Waals surface area contributed by atoms with E-state index in [1.165, 1.54) is 31.2 Å². The summed E-state index contributed by atoms with van der Waals surface area (Å²) in [7, 11) is 0. The molecule has 0 unspecified atom stereocenters. The van der Waals surface area contributed by atoms with Gasteiger partial charge in [0.1, 0.15) is 72.2 Å². The van der Waals surface area contributed by atoms with Crippen LogP contribution in [0.2, 0.25) is 0 Å². The zero-order valence-electron chi connectivity index (χ0n) is 63.9. The number of guanidine groups is 2. The molecule has 29 N–H and O–H groups in total. The molecule has 0 aliphatic heterocycles. The minimum Gasteiger partial charge on any atom is -0.508 e. The van der Waals surface area contributed by atoms with Crippen LogP contribution < -0.4 is 104 Å². The van der Waals surface area contributed by atoms with Crippen molar-refractivity contribution in [2.24, 2.45) is 73.8 Å². The predicted octanol–water partition coefficient (Wildman–Crippen LogP) is -4.95. The molecule has 0 aromatic heterocycles. The molecule has 2 aromatic rings. The number of aliphatic imine (C=N–C) groups is 2. The Morgan fingerprint density at radius 2 is 0.864 bits per heavy atom. The van der Waals surface area contributed by atoms with Crippen LogP contribution in [0, 0.1) is 23.7 Å². The summed E-state index contributed by atoms with van der Waals surface area (Å²) in [5.41, 5.74) is 40.2. The highest BCUT2D eigenvalue weighted by Gasteiger charge is 2.38. The molecule has 0 aliphatic carbocycles. The zero-order valence-corrected chi connectivity index (χ0v) is 63.9. The van der Waals surface area contributed by atoms with Gasteiger partial charge in [-0.1, -0.05) is 104 Å². The number of benzene rings is 2. The molecule has 2 rings (SSSR count). The van der Waals surface area contributed by atoms with E-state index < -0.39 is 192 Å². The summed E-state index contributed by atoms with van der Waals surface area (Å²) in [4.78, 5) is 213. The number of nitrogens with zero attached hydrogens (tertiary/aromatic N) is 2. The van der Waals surface area contributed by atoms with Crippen LogP contribution in [0.25, 0.3) is 0 Å². The number of nitrogens with one attached hydrogen (secondary N) is 12. The van der Waals surface area contributed by atoms with Gasteiger partial charge in [-0.15, -0.1) is 0 Å². The quantitative estimate of drug-likeness (QED) is 0.0168. The molecule has 13 atom stereocenters. The van der Waals surface area contributed by atoms with E-state index in [2.05, 4.69) is 73.8 Å². The fraction of sp³-hybridized carbons (Fsp3) is 0.592. The van der Waals surface area contributed by atoms with Crippen molar-refractivity contribution in [2.75, 3.05) is 26.2 Å². The van der Waals surface area contributed by atoms with E-state index in [1.807, 2.05) is 0 Å². The number of primary amides is 1. The largest absolute Gasteiger partial charge is 0.508 e. The standard InChI is InChI=1S/C71H115N21O18/c1-10-39(8)57(92-61(101)46(22-17-29-80-71(77)78)85-62(102)47(30-36(2)3)87-64(104)49(33-52(73)94)83-53(95)35-81-66(106)55(74)37(4)5)68(108)82-40(9)58(98)84-45(21-16-28-79-70(75)76)60(100)91-56(38(6)7)67(107)86-44(20-14-15-27-72)59(99)88-48(31-42-23-25-43(93)26-24-42)63(103)89-50(34-54(96)97)65(105)90-51(69(109)110)32-41-18-12-11-13-19-41/h11-13,18-19,23-26,36-40,44-51,55-57,93H,10,14-17,20-22,27-35,72,74H2,1-9H3,(H2,73,94)(H,81,106)(H,82,108)(H,83,95)(H,84,98)(H,85,102)(H,86,107)(H,87,104)(H,88,99)(H,89,103)(H,90,105)(H,91,100)(H,92,101)(H,96,97)(H,109,110)(H4,75,76,79)(H4,77,78,80)/t39-,40-,44-,45-,46-,47-,48-,49-,50-,51-,55-,56-,57-/m0/s1. The van der Waals surface area contributed by atoms with Crippen LogP contribution >= 0.6 is 0 Å². The number of aliphatic carboxylic acids is 2. The average Bonchev–Trinajstić information content (AvgIpc) is 0.870. The summed E-state index contributed by atoms with van der Waals surface area (Å²) in [6.45, 7) is 14.0. The normalized spacial score (nSPS) is 14.6. The van der Waals surface area contributed by atoms with Gasteiger partial charge in [-0.2, -0.15) is 0 Å². The van der Waals surface area contributed by atoms with Gasteiger partial charge in [-0.25, -0.2) is 4.79 Å². The van der Waals surface area contributed by atoms with Crippen molar-refractivity contribution >= 4 is 101 Å². The summed E-state index contributed by atoms with van der Waals surface area (Å²) in [6, 6.07) is -4.27. The third-order valence-electron chi connectivity index (χ3n) is 17.3. The molecule has 0 radical (unpaired) electrons. The van der Waals surface area contributed by atoms with E-state index >= 15 is 0 Å². The summed E-state index contributed by atoms with van der Waals surface area (Å²) >= 11 is 0. The zero-order chi connectivity index (χ0) is 83.1. The number of nitrogens with two attached hydrogens (primary N) is 7. The van der Waals surface area contributed by atoms with Crippen LogP contribution in [0.5, 0.6) is 5.75 Å². The molecule has 110 heavy (non-hydrogen) atoms. The number of carboxylic acids is 2. The van der Waals surface area contributed by atoms with Crippen LogP contribution in [0.15, 0.2) is 64.6 Å². The molecule has 0 fully saturated rings. The number of hydrogen-bond acceptors (Lipinski definition) is 20. The Bertz CT molecular complexity index is 3480. The summed E-state index contributed by atoms with van der Waals surface area (Å²) in [5.74, 6) is -18.1. The topological polar surface area (TPSA) is 668 Å². The lowest BCUT2D eigenvalue weighted by molar-refractivity contribution is -0.143. The lowest BCUT2D eigenvalue weighted by atomic mass is 9.97. The van der Waals surface area contributed by atoms with E-state index in [-0.39, 0.29) is 113 Å². The van der Waals surface area contributed by atoms with Crippen molar-refractivity contribution in [3.63, 3.8) is 0 Å². The lowest BCUT2D eigenvalue weighted by Crippen LogP contribution is -2.61. The van der Waals surface area contributed by atoms with Crippen molar-refractivity contribution in [1.29, 1.82) is 0 Å². The second kappa shape index (κ2) is 48.9. The summed E-state index contributed by atoms with van der Waals surface area (Å²) in [5, 5.41) is 60.1. The maximum absolute atomic E-state index is 14.6. The number of amides is 13. The monoisotopic (exact) mass is 1550 g/mol. The van der Waals surface area contributed by atoms with E-state index in [9.17, 15) is 87.2 Å². The minimum absolute atomic E-state index is 0.0266. The van der Waals surface area contributed by atoms with Gasteiger partial charge in [-0.3, -0.25) is 77.1 Å². The van der Waals surface area contributed by atoms with Crippen LogP contribution in [0.1, 0.15) is 144 Å². The first-order chi connectivity index (χ1) is 51.7. The molecule has 2 aromatic carbocycles. The summed E-state index contributed by atoms with van der Waals surface area (Å²) < 4.78 is 0. The first kappa shape index (κ1) is 94.8. The number of phenolic OH excluding ortho intramolecular Hbond substituents is 1. The molecule has 0 saturated carbocycles. The van der Waals surface area contributed by atoms with Gasteiger partial charge < -0.3 is 119 Å². The second-order valence-corrected chi connectivity index (χ2v) is 27.8. The molecular formula is C71H115N21O18. The van der Waals surface area contributed by atoms with E-state index in [4.69, 9.17) is 40.1 Å². The van der Waals surface area contributed by atoms with Gasteiger partial charge in [-0.05, 0) is 112 Å². The maximum atomic E-state index is 14.6. The third kappa shape index (κ3) is 36.1. The fourth-order valence-corrected chi connectivity index (χ4v) is 10.8. The maximum Gasteiger partial charge on any atom is 0.326 e. The molecule has 39 nitrogen and oxygen atoms in total. The molecule has 0 spiro atoms. The van der Waals surface area contributed by atoms with Crippen LogP contribution in [-0.2, 0) is 84.8 Å². The SMILES string of the molecule is CC[C@H](C)[C@H](NC(=O)[C@H](CCCN=C(N)N)NC(=O)[C@H](CC(C)C)NC(=O)[C@H](CC(N)=O)NC(=O)CNC(=O)[C@@H](N)C(C)C)C(=O)N[C@@H](C)C(=O)N[C@@H](CCCN=C(N)N)C(=O)N[C@H](C(=O)N[C@@H](CCCCN)C(=O)N[C@@H](Cc1ccc(O)cc1)C(=O)N[C@@H](CC(=O)O)C(=O)N[C@@H](Cc1ccccc1)C(=O)O)C(C)C. The lowest BCUT2D eigenvalue weighted by Gasteiger charge is -2.30. The molecule has 0 aliphatic rings. The third-order valence-corrected chi connectivity index (χ3v) is 17.3. The van der Waals surface area contributed by atoms with Crippen molar-refractivity contribution in [1.82, 2.24) is 63.8 Å². The highest BCUT2D eigenvalue weighted by Crippen LogP contribution is 2.17. The highest BCUT2D eigenvalue weighted by molar-refractivity contribution is 6.00. The average molecular weight is 1550 g/mol. The molecule has 0 heterocycles. The number of hydrogen-bond donors (Lipinski definition) is 22. The summed E-state index contributed by atoms with van der Waals surface area (Å²) in [6.07, 6.45) is -1.86. The predicted molar refractivity (Wildman–Crippen MR) is 405 cm³/mol. The highest BCUT2D eigenvalue weighted by atomic mass is 16.4. The molecule has 0 saturated heterocycles. The van der Waals surface area contributed by atoms with Gasteiger partial charge in [0.05, 0.1) is 25.4 Å². The number of phenols is 1.